The Hall–Kier alpha value is -2.64. The number of halogens is 1. The smallest absolute Gasteiger partial charge is 0.261 e. The standard InChI is InChI=1S/C21H23ClN4O3/c1-26-19(27)21(25-20(26)23)9-12-28-10-2-3-11-29-17-8-7-14(13-15(17)21)16-5-4-6-18(22)24-16/h4-8,13H,2-3,9-12H2,1H3,(H2,23,25)/t21-/m0/s1. The second-order valence-electron chi connectivity index (χ2n) is 7.17. The van der Waals surface area contributed by atoms with E-state index >= 15 is 0 Å². The number of guanidine groups is 1. The Labute approximate surface area is 174 Å². The Kier molecular flexibility index (Phi) is 5.43. The van der Waals surface area contributed by atoms with Crippen LogP contribution < -0.4 is 10.5 Å². The summed E-state index contributed by atoms with van der Waals surface area (Å²) in [6.45, 7) is 1.55. The Balaban J connectivity index is 1.88. The van der Waals surface area contributed by atoms with Crippen LogP contribution in [0.3, 0.4) is 0 Å². The van der Waals surface area contributed by atoms with Crippen LogP contribution in [0.15, 0.2) is 41.4 Å². The first-order valence-corrected chi connectivity index (χ1v) is 10.0. The summed E-state index contributed by atoms with van der Waals surface area (Å²) in [6, 6.07) is 11.1. The minimum atomic E-state index is -1.19. The summed E-state index contributed by atoms with van der Waals surface area (Å²) in [7, 11) is 1.63. The summed E-state index contributed by atoms with van der Waals surface area (Å²) in [4.78, 5) is 23.7. The topological polar surface area (TPSA) is 90.0 Å². The third-order valence-electron chi connectivity index (χ3n) is 5.29. The van der Waals surface area contributed by atoms with Crippen molar-refractivity contribution in [2.75, 3.05) is 26.9 Å². The van der Waals surface area contributed by atoms with Gasteiger partial charge in [0.1, 0.15) is 10.9 Å². The highest BCUT2D eigenvalue weighted by molar-refractivity contribution is 6.29. The molecule has 4 rings (SSSR count). The van der Waals surface area contributed by atoms with E-state index in [2.05, 4.69) is 9.98 Å². The number of carbonyl (C=O) groups is 1. The molecular formula is C21H23ClN4O3. The number of rotatable bonds is 1. The molecule has 1 aromatic carbocycles. The highest BCUT2D eigenvalue weighted by Gasteiger charge is 2.49. The van der Waals surface area contributed by atoms with Gasteiger partial charge in [0.25, 0.3) is 5.91 Å². The number of nitrogens with zero attached hydrogens (tertiary/aromatic N) is 3. The maximum atomic E-state index is 13.3. The van der Waals surface area contributed by atoms with Crippen LogP contribution >= 0.6 is 11.6 Å². The van der Waals surface area contributed by atoms with Crippen molar-refractivity contribution in [1.29, 1.82) is 0 Å². The van der Waals surface area contributed by atoms with Gasteiger partial charge in [0.15, 0.2) is 11.5 Å². The van der Waals surface area contributed by atoms with E-state index in [-0.39, 0.29) is 11.9 Å². The van der Waals surface area contributed by atoms with Gasteiger partial charge in [-0.15, -0.1) is 0 Å². The van der Waals surface area contributed by atoms with E-state index in [1.807, 2.05) is 30.3 Å². The van der Waals surface area contributed by atoms with Crippen molar-refractivity contribution in [3.63, 3.8) is 0 Å². The van der Waals surface area contributed by atoms with Gasteiger partial charge >= 0.3 is 0 Å². The van der Waals surface area contributed by atoms with E-state index in [0.29, 0.717) is 48.4 Å². The van der Waals surface area contributed by atoms with Gasteiger partial charge in [-0.1, -0.05) is 17.7 Å². The lowest BCUT2D eigenvalue weighted by Gasteiger charge is -2.27. The summed E-state index contributed by atoms with van der Waals surface area (Å²) in [6.07, 6.45) is 2.13. The molecule has 1 aromatic heterocycles. The highest BCUT2D eigenvalue weighted by Crippen LogP contribution is 2.42. The van der Waals surface area contributed by atoms with E-state index in [0.717, 1.165) is 18.4 Å². The number of pyridine rings is 1. The summed E-state index contributed by atoms with van der Waals surface area (Å²) in [5.74, 6) is 0.610. The van der Waals surface area contributed by atoms with E-state index in [1.54, 1.807) is 13.1 Å². The first kappa shape index (κ1) is 19.7. The lowest BCUT2D eigenvalue weighted by atomic mass is 9.84. The number of carbonyl (C=O) groups excluding carboxylic acids is 1. The quantitative estimate of drug-likeness (QED) is 0.724. The first-order chi connectivity index (χ1) is 14.0. The maximum absolute atomic E-state index is 13.3. The molecule has 152 valence electrons. The fourth-order valence-electron chi connectivity index (χ4n) is 3.69. The van der Waals surface area contributed by atoms with E-state index in [9.17, 15) is 4.79 Å². The van der Waals surface area contributed by atoms with Crippen LogP contribution in [-0.2, 0) is 15.1 Å². The van der Waals surface area contributed by atoms with Gasteiger partial charge in [-0.25, -0.2) is 9.98 Å². The fourth-order valence-corrected chi connectivity index (χ4v) is 3.85. The molecular weight excluding hydrogens is 392 g/mol. The molecule has 1 spiro atoms. The average molecular weight is 415 g/mol. The van der Waals surface area contributed by atoms with Crippen LogP contribution in [0.5, 0.6) is 5.75 Å². The van der Waals surface area contributed by atoms with Crippen LogP contribution in [0.2, 0.25) is 5.15 Å². The zero-order valence-electron chi connectivity index (χ0n) is 16.2. The Morgan fingerprint density at radius 3 is 2.76 bits per heavy atom. The van der Waals surface area contributed by atoms with Crippen molar-refractivity contribution >= 4 is 23.5 Å². The summed E-state index contributed by atoms with van der Waals surface area (Å²) >= 11 is 6.07. The third-order valence-corrected chi connectivity index (χ3v) is 5.50. The van der Waals surface area contributed by atoms with Gasteiger partial charge in [-0.3, -0.25) is 9.69 Å². The number of hydrogen-bond donors (Lipinski definition) is 1. The summed E-state index contributed by atoms with van der Waals surface area (Å²) in [5.41, 5.74) is 7.04. The molecule has 2 aliphatic rings. The maximum Gasteiger partial charge on any atom is 0.261 e. The zero-order chi connectivity index (χ0) is 20.4. The predicted octanol–water partition coefficient (Wildman–Crippen LogP) is 2.96. The molecule has 7 nitrogen and oxygen atoms in total. The van der Waals surface area contributed by atoms with E-state index in [4.69, 9.17) is 26.8 Å². The minimum absolute atomic E-state index is 0.183. The van der Waals surface area contributed by atoms with Crippen LogP contribution in [0.4, 0.5) is 0 Å². The van der Waals surface area contributed by atoms with Crippen molar-refractivity contribution in [1.82, 2.24) is 9.88 Å². The number of ether oxygens (including phenoxy) is 2. The lowest BCUT2D eigenvalue weighted by molar-refractivity contribution is -0.131. The molecule has 2 N–H and O–H groups in total. The molecule has 2 aliphatic heterocycles. The molecule has 1 atom stereocenters. The molecule has 0 saturated carbocycles. The molecule has 0 fully saturated rings. The number of aliphatic imine (C=N–C) groups is 1. The molecule has 0 bridgehead atoms. The molecule has 0 radical (unpaired) electrons. The van der Waals surface area contributed by atoms with Crippen molar-refractivity contribution in [2.24, 2.45) is 10.7 Å². The Morgan fingerprint density at radius 2 is 2.00 bits per heavy atom. The third kappa shape index (κ3) is 3.68. The van der Waals surface area contributed by atoms with Crippen LogP contribution in [-0.4, -0.2) is 48.6 Å². The molecule has 3 heterocycles. The summed E-state index contributed by atoms with van der Waals surface area (Å²) in [5, 5.41) is 0.400. The number of nitrogens with two attached hydrogens (primary N) is 1. The van der Waals surface area contributed by atoms with Crippen molar-refractivity contribution in [3.8, 4) is 17.0 Å². The number of fused-ring (bicyclic) bond motifs is 2. The lowest BCUT2D eigenvalue weighted by Crippen LogP contribution is -2.41. The molecule has 2 aromatic rings. The van der Waals surface area contributed by atoms with Gasteiger partial charge in [-0.2, -0.15) is 0 Å². The molecule has 0 unspecified atom stereocenters. The van der Waals surface area contributed by atoms with Crippen LogP contribution in [0, 0.1) is 0 Å². The molecule has 8 heteroatoms. The zero-order valence-corrected chi connectivity index (χ0v) is 17.0. The number of benzene rings is 1. The molecule has 0 aliphatic carbocycles. The van der Waals surface area contributed by atoms with Crippen molar-refractivity contribution in [2.45, 2.75) is 24.8 Å². The Morgan fingerprint density at radius 1 is 1.17 bits per heavy atom. The summed E-state index contributed by atoms with van der Waals surface area (Å²) < 4.78 is 11.8. The van der Waals surface area contributed by atoms with Crippen LogP contribution in [0.25, 0.3) is 11.3 Å². The normalized spacial score (nSPS) is 22.6. The number of hydrogen-bond acceptors (Lipinski definition) is 6. The number of aromatic nitrogens is 1. The molecule has 1 amide bonds. The number of amides is 1. The van der Waals surface area contributed by atoms with Gasteiger partial charge in [-0.05, 0) is 43.2 Å². The van der Waals surface area contributed by atoms with Crippen LogP contribution in [0.1, 0.15) is 24.8 Å². The fraction of sp³-hybridized carbons (Fsp3) is 0.381. The van der Waals surface area contributed by atoms with Gasteiger partial charge in [0, 0.05) is 37.8 Å². The van der Waals surface area contributed by atoms with E-state index < -0.39 is 5.54 Å². The van der Waals surface area contributed by atoms with Gasteiger partial charge in [0.05, 0.1) is 12.3 Å². The van der Waals surface area contributed by atoms with Gasteiger partial charge in [0.2, 0.25) is 0 Å². The highest BCUT2D eigenvalue weighted by atomic mass is 35.5. The second kappa shape index (κ2) is 8.00. The van der Waals surface area contributed by atoms with Crippen molar-refractivity contribution < 1.29 is 14.3 Å². The van der Waals surface area contributed by atoms with Gasteiger partial charge < -0.3 is 15.2 Å². The first-order valence-electron chi connectivity index (χ1n) is 9.63. The van der Waals surface area contributed by atoms with Crippen molar-refractivity contribution in [3.05, 3.63) is 47.1 Å². The number of likely N-dealkylation sites (N-methyl/N-ethyl adjacent to an activating group) is 1. The molecule has 0 saturated heterocycles. The minimum Gasteiger partial charge on any atom is -0.493 e. The molecule has 29 heavy (non-hydrogen) atoms. The SMILES string of the molecule is CN1C(=O)[C@@]2(CCOCCCCOc3ccc(-c4cccc(Cl)n4)cc32)N=C1N. The monoisotopic (exact) mass is 414 g/mol. The largest absolute Gasteiger partial charge is 0.493 e. The van der Waals surface area contributed by atoms with E-state index in [1.165, 1.54) is 4.90 Å². The average Bonchev–Trinajstić information content (AvgIpc) is 2.92. The predicted molar refractivity (Wildman–Crippen MR) is 111 cm³/mol. The second-order valence-corrected chi connectivity index (χ2v) is 7.56. The Bertz CT molecular complexity index is 965.